The van der Waals surface area contributed by atoms with Crippen LogP contribution in [0.1, 0.15) is 22.7 Å². The van der Waals surface area contributed by atoms with Gasteiger partial charge in [0.05, 0.1) is 23.7 Å². The lowest BCUT2D eigenvalue weighted by Crippen LogP contribution is -2.42. The number of carbonyl (C=O) groups is 1. The van der Waals surface area contributed by atoms with Crippen LogP contribution in [0.15, 0.2) is 108 Å². The summed E-state index contributed by atoms with van der Waals surface area (Å²) < 4.78 is 34.0. The van der Waals surface area contributed by atoms with Crippen molar-refractivity contribution in [2.75, 3.05) is 18.0 Å². The molecule has 1 amide bonds. The van der Waals surface area contributed by atoms with Gasteiger partial charge in [-0.1, -0.05) is 90.0 Å². The molecule has 0 heterocycles. The molecular formula is C29H27ClN2O4S. The molecule has 0 radical (unpaired) electrons. The number of nitrogens with one attached hydrogen (secondary N) is 1. The molecule has 190 valence electrons. The van der Waals surface area contributed by atoms with Gasteiger partial charge < -0.3 is 10.1 Å². The summed E-state index contributed by atoms with van der Waals surface area (Å²) in [5.41, 5.74) is 3.01. The molecule has 6 nitrogen and oxygen atoms in total. The van der Waals surface area contributed by atoms with Gasteiger partial charge in [0.2, 0.25) is 5.91 Å². The minimum absolute atomic E-state index is 0.0444. The number of amides is 1. The van der Waals surface area contributed by atoms with Crippen molar-refractivity contribution in [3.63, 3.8) is 0 Å². The lowest BCUT2D eigenvalue weighted by molar-refractivity contribution is -0.120. The molecule has 0 fully saturated rings. The van der Waals surface area contributed by atoms with E-state index in [0.717, 1.165) is 21.0 Å². The highest BCUT2D eigenvalue weighted by molar-refractivity contribution is 7.92. The molecule has 0 aliphatic heterocycles. The normalized spacial score (nSPS) is 12.0. The predicted molar refractivity (Wildman–Crippen MR) is 147 cm³/mol. The molecule has 4 rings (SSSR count). The van der Waals surface area contributed by atoms with Crippen LogP contribution in [0.25, 0.3) is 0 Å². The molecule has 37 heavy (non-hydrogen) atoms. The molecule has 0 saturated carbocycles. The van der Waals surface area contributed by atoms with E-state index in [-0.39, 0.29) is 16.3 Å². The number of hydrogen-bond donors (Lipinski definition) is 1. The van der Waals surface area contributed by atoms with Crippen molar-refractivity contribution in [1.29, 1.82) is 0 Å². The monoisotopic (exact) mass is 534 g/mol. The molecule has 1 atom stereocenters. The first kappa shape index (κ1) is 26.3. The number of methoxy groups -OCH3 is 1. The zero-order valence-electron chi connectivity index (χ0n) is 20.5. The fourth-order valence-electron chi connectivity index (χ4n) is 3.98. The first-order valence-corrected chi connectivity index (χ1v) is 13.4. The maximum atomic E-state index is 13.8. The number of carbonyl (C=O) groups excluding carboxylic acids is 1. The first-order valence-electron chi connectivity index (χ1n) is 11.6. The van der Waals surface area contributed by atoms with Crippen LogP contribution < -0.4 is 14.4 Å². The molecule has 8 heteroatoms. The Balaban J connectivity index is 1.73. The van der Waals surface area contributed by atoms with Gasteiger partial charge >= 0.3 is 0 Å². The molecule has 0 saturated heterocycles. The molecule has 0 bridgehead atoms. The lowest BCUT2D eigenvalue weighted by Gasteiger charge is -2.27. The third-order valence-electron chi connectivity index (χ3n) is 5.88. The number of sulfonamides is 1. The minimum atomic E-state index is -4.14. The van der Waals surface area contributed by atoms with Crippen LogP contribution in [0.3, 0.4) is 0 Å². The number of anilines is 1. The molecule has 0 spiro atoms. The summed E-state index contributed by atoms with van der Waals surface area (Å²) in [6, 6.07) is 29.5. The van der Waals surface area contributed by atoms with Gasteiger partial charge in [0.1, 0.15) is 12.3 Å². The molecular weight excluding hydrogens is 508 g/mol. The van der Waals surface area contributed by atoms with E-state index in [1.54, 1.807) is 30.3 Å². The molecule has 0 aliphatic carbocycles. The average molecular weight is 535 g/mol. The van der Waals surface area contributed by atoms with Gasteiger partial charge in [-0.2, -0.15) is 0 Å². The van der Waals surface area contributed by atoms with Crippen LogP contribution in [-0.4, -0.2) is 28.0 Å². The van der Waals surface area contributed by atoms with Gasteiger partial charge in [-0.25, -0.2) is 8.42 Å². The second-order valence-electron chi connectivity index (χ2n) is 8.46. The zero-order valence-corrected chi connectivity index (χ0v) is 22.0. The second kappa shape index (κ2) is 11.5. The number of hydrogen-bond acceptors (Lipinski definition) is 4. The Bertz CT molecular complexity index is 1460. The van der Waals surface area contributed by atoms with Crippen molar-refractivity contribution < 1.29 is 17.9 Å². The van der Waals surface area contributed by atoms with E-state index in [0.29, 0.717) is 5.02 Å². The Morgan fingerprint density at radius 2 is 1.49 bits per heavy atom. The Kier molecular flexibility index (Phi) is 8.16. The number of ether oxygens (including phenoxy) is 1. The number of halogens is 1. The minimum Gasteiger partial charge on any atom is -0.495 e. The van der Waals surface area contributed by atoms with Crippen molar-refractivity contribution in [2.45, 2.75) is 17.9 Å². The van der Waals surface area contributed by atoms with Crippen molar-refractivity contribution in [2.24, 2.45) is 0 Å². The maximum Gasteiger partial charge on any atom is 0.264 e. The van der Waals surface area contributed by atoms with Crippen molar-refractivity contribution in [3.05, 3.63) is 125 Å². The van der Waals surface area contributed by atoms with E-state index < -0.39 is 28.5 Å². The van der Waals surface area contributed by atoms with Gasteiger partial charge in [-0.05, 0) is 48.4 Å². The summed E-state index contributed by atoms with van der Waals surface area (Å²) in [7, 11) is -2.70. The quantitative estimate of drug-likeness (QED) is 0.296. The Morgan fingerprint density at radius 1 is 0.892 bits per heavy atom. The van der Waals surface area contributed by atoms with Crippen molar-refractivity contribution >= 4 is 33.2 Å². The van der Waals surface area contributed by atoms with Crippen LogP contribution in [0.5, 0.6) is 5.75 Å². The molecule has 0 unspecified atom stereocenters. The van der Waals surface area contributed by atoms with Crippen LogP contribution in [0.2, 0.25) is 5.02 Å². The smallest absolute Gasteiger partial charge is 0.264 e. The van der Waals surface area contributed by atoms with Crippen LogP contribution in [-0.2, 0) is 14.8 Å². The highest BCUT2D eigenvalue weighted by Crippen LogP contribution is 2.35. The third-order valence-corrected chi connectivity index (χ3v) is 7.89. The topological polar surface area (TPSA) is 75.7 Å². The predicted octanol–water partition coefficient (Wildman–Crippen LogP) is 5.76. The Morgan fingerprint density at radius 3 is 2.11 bits per heavy atom. The van der Waals surface area contributed by atoms with E-state index in [9.17, 15) is 13.2 Å². The van der Waals surface area contributed by atoms with Crippen molar-refractivity contribution in [1.82, 2.24) is 5.32 Å². The van der Waals surface area contributed by atoms with Gasteiger partial charge in [-0.3, -0.25) is 9.10 Å². The lowest BCUT2D eigenvalue weighted by atomic mass is 9.98. The number of aryl methyl sites for hydroxylation is 1. The molecule has 0 aliphatic rings. The van der Waals surface area contributed by atoms with Gasteiger partial charge in [-0.15, -0.1) is 0 Å². The molecule has 4 aromatic rings. The van der Waals surface area contributed by atoms with E-state index in [2.05, 4.69) is 5.32 Å². The largest absolute Gasteiger partial charge is 0.495 e. The zero-order chi connectivity index (χ0) is 26.4. The summed E-state index contributed by atoms with van der Waals surface area (Å²) in [4.78, 5) is 13.6. The summed E-state index contributed by atoms with van der Waals surface area (Å²) in [6.07, 6.45) is 0. The van der Waals surface area contributed by atoms with E-state index in [4.69, 9.17) is 16.3 Å². The van der Waals surface area contributed by atoms with Crippen LogP contribution in [0.4, 0.5) is 5.69 Å². The van der Waals surface area contributed by atoms with Crippen LogP contribution >= 0.6 is 11.6 Å². The number of nitrogens with zero attached hydrogens (tertiary/aromatic N) is 1. The fraction of sp³-hybridized carbons (Fsp3) is 0.138. The number of benzene rings is 4. The summed E-state index contributed by atoms with van der Waals surface area (Å²) in [5, 5.41) is 3.34. The van der Waals surface area contributed by atoms with E-state index >= 15 is 0 Å². The highest BCUT2D eigenvalue weighted by atomic mass is 35.5. The SMILES string of the molecule is COc1ccc(Cl)cc1N(CC(=O)N[C@H](c1ccccc1)c1ccc(C)cc1)S(=O)(=O)c1ccccc1. The average Bonchev–Trinajstić information content (AvgIpc) is 2.92. The highest BCUT2D eigenvalue weighted by Gasteiger charge is 2.30. The second-order valence-corrected chi connectivity index (χ2v) is 10.8. The van der Waals surface area contributed by atoms with Gasteiger partial charge in [0.25, 0.3) is 10.0 Å². The summed E-state index contributed by atoms with van der Waals surface area (Å²) in [5.74, 6) is -0.217. The molecule has 1 N–H and O–H groups in total. The maximum absolute atomic E-state index is 13.8. The number of rotatable bonds is 9. The Hall–Kier alpha value is -3.81. The fourth-order valence-corrected chi connectivity index (χ4v) is 5.59. The van der Waals surface area contributed by atoms with Crippen molar-refractivity contribution in [3.8, 4) is 5.75 Å². The molecule has 4 aromatic carbocycles. The standard InChI is InChI=1S/C29H27ClN2O4S/c1-21-13-15-23(16-14-21)29(22-9-5-3-6-10-22)31-28(33)20-32(26-19-24(30)17-18-27(26)36-2)37(34,35)25-11-7-4-8-12-25/h3-19,29H,20H2,1-2H3,(H,31,33)/t29-/m1/s1. The Labute approximate surface area is 222 Å². The summed E-state index contributed by atoms with van der Waals surface area (Å²) >= 11 is 6.23. The first-order chi connectivity index (χ1) is 17.8. The van der Waals surface area contributed by atoms with Gasteiger partial charge in [0, 0.05) is 5.02 Å². The van der Waals surface area contributed by atoms with E-state index in [1.807, 2.05) is 61.5 Å². The van der Waals surface area contributed by atoms with Gasteiger partial charge in [0.15, 0.2) is 0 Å². The molecule has 0 aromatic heterocycles. The van der Waals surface area contributed by atoms with Crippen LogP contribution in [0, 0.1) is 6.92 Å². The third kappa shape index (κ3) is 6.13. The van der Waals surface area contributed by atoms with E-state index in [1.165, 1.54) is 25.3 Å². The summed E-state index contributed by atoms with van der Waals surface area (Å²) in [6.45, 7) is 1.51.